The summed E-state index contributed by atoms with van der Waals surface area (Å²) in [7, 11) is -3.98. The Balaban J connectivity index is 2.44. The van der Waals surface area contributed by atoms with Crippen molar-refractivity contribution in [1.82, 2.24) is 5.32 Å². The van der Waals surface area contributed by atoms with E-state index < -0.39 is 16.1 Å². The molecule has 1 rings (SSSR count). The van der Waals surface area contributed by atoms with Gasteiger partial charge in [0.05, 0.1) is 5.75 Å². The molecule has 0 aliphatic heterocycles. The van der Waals surface area contributed by atoms with Crippen molar-refractivity contribution in [3.05, 3.63) is 11.8 Å². The zero-order valence-electron chi connectivity index (χ0n) is 12.1. The number of hydrogen-bond acceptors (Lipinski definition) is 4. The molecule has 0 saturated heterocycles. The number of nitrogens with one attached hydrogen (secondary N) is 1. The highest BCUT2D eigenvalue weighted by molar-refractivity contribution is 7.85. The normalized spacial score (nSPS) is 20.9. The van der Waals surface area contributed by atoms with E-state index in [0.717, 1.165) is 6.42 Å². The Kier molecular flexibility index (Phi) is 5.52. The minimum absolute atomic E-state index is 0.0802. The molecule has 0 spiro atoms. The Hall–Kier alpha value is -1.41. The van der Waals surface area contributed by atoms with E-state index in [1.54, 1.807) is 0 Å². The third-order valence-electron chi connectivity index (χ3n) is 3.52. The Morgan fingerprint density at radius 3 is 2.33 bits per heavy atom. The lowest BCUT2D eigenvalue weighted by atomic mass is 10.1. The van der Waals surface area contributed by atoms with Gasteiger partial charge in [-0.05, 0) is 31.1 Å². The Morgan fingerprint density at radius 2 is 1.90 bits per heavy atom. The highest BCUT2D eigenvalue weighted by atomic mass is 32.2. The molecule has 120 valence electrons. The molecule has 1 unspecified atom stereocenters. The summed E-state index contributed by atoms with van der Waals surface area (Å²) in [6.45, 7) is 3.88. The van der Waals surface area contributed by atoms with Gasteiger partial charge in [-0.1, -0.05) is 19.9 Å². The minimum Gasteiger partial charge on any atom is -0.477 e. The molecular formula is C13H21NO6S. The fourth-order valence-electron chi connectivity index (χ4n) is 2.00. The molecule has 1 saturated carbocycles. The first kappa shape index (κ1) is 17.6. The summed E-state index contributed by atoms with van der Waals surface area (Å²) in [6, 6.07) is 0. The van der Waals surface area contributed by atoms with Gasteiger partial charge >= 0.3 is 5.97 Å². The number of rotatable bonds is 8. The van der Waals surface area contributed by atoms with Crippen LogP contribution in [0.1, 0.15) is 39.5 Å². The lowest BCUT2D eigenvalue weighted by Crippen LogP contribution is -2.29. The standard InChI is InChI=1S/C13H21NO6S/c1-13(2)8-9(13)11(15)14-10(12(16)17)6-4-3-5-7-21(18,19)20/h6,9H,3-5,7-8H2,1-2H3,(H,14,15)(H,16,17)(H,18,19,20)/b10-6+. The lowest BCUT2D eigenvalue weighted by Gasteiger charge is -2.07. The number of carboxylic acid groups (broad SMARTS) is 1. The van der Waals surface area contributed by atoms with Crippen LogP contribution >= 0.6 is 0 Å². The minimum atomic E-state index is -3.98. The molecule has 0 aromatic carbocycles. The van der Waals surface area contributed by atoms with Crippen molar-refractivity contribution >= 4 is 22.0 Å². The summed E-state index contributed by atoms with van der Waals surface area (Å²) in [5.41, 5.74) is -0.266. The molecule has 1 aliphatic carbocycles. The Labute approximate surface area is 124 Å². The Morgan fingerprint density at radius 1 is 1.33 bits per heavy atom. The number of carbonyl (C=O) groups excluding carboxylic acids is 1. The predicted octanol–water partition coefficient (Wildman–Crippen LogP) is 1.18. The maximum absolute atomic E-state index is 11.8. The van der Waals surface area contributed by atoms with E-state index in [0.29, 0.717) is 12.8 Å². The number of aliphatic carboxylic acids is 1. The highest BCUT2D eigenvalue weighted by Gasteiger charge is 2.50. The second-order valence-corrected chi connectivity index (χ2v) is 7.51. The SMILES string of the molecule is CC1(C)CC1C(=O)N/C(=C/CCCCS(=O)(=O)O)C(=O)O. The Bertz CT molecular complexity index is 549. The zero-order chi connectivity index (χ0) is 16.3. The molecule has 0 heterocycles. The second kappa shape index (κ2) is 6.57. The largest absolute Gasteiger partial charge is 0.477 e. The van der Waals surface area contributed by atoms with Gasteiger partial charge in [0.15, 0.2) is 0 Å². The van der Waals surface area contributed by atoms with Gasteiger partial charge in [-0.15, -0.1) is 0 Å². The molecule has 0 bridgehead atoms. The van der Waals surface area contributed by atoms with Gasteiger partial charge in [-0.25, -0.2) is 4.79 Å². The van der Waals surface area contributed by atoms with Gasteiger partial charge in [-0.3, -0.25) is 9.35 Å². The number of hydrogen-bond donors (Lipinski definition) is 3. The van der Waals surface area contributed by atoms with E-state index in [1.807, 2.05) is 13.8 Å². The molecule has 21 heavy (non-hydrogen) atoms. The van der Waals surface area contributed by atoms with Gasteiger partial charge in [0.25, 0.3) is 10.1 Å². The first-order valence-electron chi connectivity index (χ1n) is 6.72. The van der Waals surface area contributed by atoms with Crippen molar-refractivity contribution in [2.24, 2.45) is 11.3 Å². The van der Waals surface area contributed by atoms with Gasteiger partial charge in [-0.2, -0.15) is 8.42 Å². The molecule has 3 N–H and O–H groups in total. The summed E-state index contributed by atoms with van der Waals surface area (Å²) in [5.74, 6) is -2.05. The molecular weight excluding hydrogens is 298 g/mol. The lowest BCUT2D eigenvalue weighted by molar-refractivity contribution is -0.135. The van der Waals surface area contributed by atoms with E-state index in [-0.39, 0.29) is 35.1 Å². The number of carbonyl (C=O) groups is 2. The summed E-state index contributed by atoms with van der Waals surface area (Å²) in [6.07, 6.45) is 3.04. The molecule has 1 aliphatic rings. The summed E-state index contributed by atoms with van der Waals surface area (Å²) in [4.78, 5) is 22.9. The molecule has 0 aromatic heterocycles. The van der Waals surface area contributed by atoms with Crippen LogP contribution < -0.4 is 5.32 Å². The van der Waals surface area contributed by atoms with Crippen molar-refractivity contribution in [3.8, 4) is 0 Å². The smallest absolute Gasteiger partial charge is 0.352 e. The van der Waals surface area contributed by atoms with Crippen LogP contribution in [0, 0.1) is 11.3 Å². The zero-order valence-corrected chi connectivity index (χ0v) is 12.9. The maximum atomic E-state index is 11.8. The third kappa shape index (κ3) is 6.26. The van der Waals surface area contributed by atoms with E-state index >= 15 is 0 Å². The number of amides is 1. The fourth-order valence-corrected chi connectivity index (χ4v) is 2.57. The summed E-state index contributed by atoms with van der Waals surface area (Å²) >= 11 is 0. The van der Waals surface area contributed by atoms with Gasteiger partial charge < -0.3 is 10.4 Å². The fraction of sp³-hybridized carbons (Fsp3) is 0.692. The predicted molar refractivity (Wildman–Crippen MR) is 76.0 cm³/mol. The topological polar surface area (TPSA) is 121 Å². The van der Waals surface area contributed by atoms with Crippen LogP contribution in [0.3, 0.4) is 0 Å². The monoisotopic (exact) mass is 319 g/mol. The van der Waals surface area contributed by atoms with Crippen LogP contribution in [0.2, 0.25) is 0 Å². The molecule has 8 heteroatoms. The summed E-state index contributed by atoms with van der Waals surface area (Å²) in [5, 5.41) is 11.4. The van der Waals surface area contributed by atoms with Crippen molar-refractivity contribution in [2.45, 2.75) is 39.5 Å². The van der Waals surface area contributed by atoms with Crippen LogP contribution in [-0.4, -0.2) is 35.7 Å². The van der Waals surface area contributed by atoms with Crippen LogP contribution in [-0.2, 0) is 19.7 Å². The van der Waals surface area contributed by atoms with Crippen molar-refractivity contribution in [3.63, 3.8) is 0 Å². The van der Waals surface area contributed by atoms with Gasteiger partial charge in [0, 0.05) is 5.92 Å². The van der Waals surface area contributed by atoms with Gasteiger partial charge in [0.2, 0.25) is 5.91 Å². The van der Waals surface area contributed by atoms with E-state index in [1.165, 1.54) is 6.08 Å². The first-order chi connectivity index (χ1) is 9.53. The van der Waals surface area contributed by atoms with Crippen LogP contribution in [0.4, 0.5) is 0 Å². The number of unbranched alkanes of at least 4 members (excludes halogenated alkanes) is 2. The van der Waals surface area contributed by atoms with E-state index in [9.17, 15) is 18.0 Å². The molecule has 0 aromatic rings. The van der Waals surface area contributed by atoms with E-state index in [4.69, 9.17) is 9.66 Å². The van der Waals surface area contributed by atoms with Crippen molar-refractivity contribution in [1.29, 1.82) is 0 Å². The number of carboxylic acids is 1. The van der Waals surface area contributed by atoms with Crippen LogP contribution in [0.5, 0.6) is 0 Å². The van der Waals surface area contributed by atoms with Crippen molar-refractivity contribution < 1.29 is 27.7 Å². The molecule has 0 radical (unpaired) electrons. The average molecular weight is 319 g/mol. The van der Waals surface area contributed by atoms with Crippen LogP contribution in [0.15, 0.2) is 11.8 Å². The molecule has 1 atom stereocenters. The maximum Gasteiger partial charge on any atom is 0.352 e. The molecule has 1 fully saturated rings. The second-order valence-electron chi connectivity index (χ2n) is 5.94. The molecule has 7 nitrogen and oxygen atoms in total. The van der Waals surface area contributed by atoms with Crippen LogP contribution in [0.25, 0.3) is 0 Å². The highest BCUT2D eigenvalue weighted by Crippen LogP contribution is 2.51. The average Bonchev–Trinajstić information content (AvgIpc) is 2.94. The van der Waals surface area contributed by atoms with Gasteiger partial charge in [0.1, 0.15) is 5.70 Å². The quantitative estimate of drug-likeness (QED) is 0.351. The van der Waals surface area contributed by atoms with E-state index in [2.05, 4.69) is 5.32 Å². The summed E-state index contributed by atoms with van der Waals surface area (Å²) < 4.78 is 29.6. The third-order valence-corrected chi connectivity index (χ3v) is 4.33. The number of allylic oxidation sites excluding steroid dienone is 1. The first-order valence-corrected chi connectivity index (χ1v) is 8.33. The van der Waals surface area contributed by atoms with Crippen molar-refractivity contribution in [2.75, 3.05) is 5.75 Å². The molecule has 1 amide bonds.